The predicted molar refractivity (Wildman–Crippen MR) is 288 cm³/mol. The van der Waals surface area contributed by atoms with Crippen LogP contribution in [-0.4, -0.2) is 125 Å². The van der Waals surface area contributed by atoms with E-state index in [4.69, 9.17) is 21.1 Å². The number of likely N-dealkylation sites (N-methyl/N-ethyl adjacent to an activating group) is 1. The van der Waals surface area contributed by atoms with Crippen LogP contribution in [0.3, 0.4) is 0 Å². The number of sulfone groups is 1. The maximum Gasteiger partial charge on any atom is 0.248 e. The molecule has 3 aromatic carbocycles. The number of hydrogen-bond donors (Lipinski definition) is 5. The summed E-state index contributed by atoms with van der Waals surface area (Å²) < 4.78 is 38.2. The van der Waals surface area contributed by atoms with Crippen molar-refractivity contribution in [2.75, 3.05) is 51.0 Å². The number of unbranched alkanes of at least 4 members (excludes halogenated alkanes) is 2. The van der Waals surface area contributed by atoms with Crippen molar-refractivity contribution < 1.29 is 37.4 Å². The number of halogens is 1. The zero-order valence-electron chi connectivity index (χ0n) is 43.4. The van der Waals surface area contributed by atoms with Crippen LogP contribution in [0, 0.1) is 13.8 Å². The van der Waals surface area contributed by atoms with Crippen LogP contribution in [0.1, 0.15) is 95.7 Å². The number of rotatable bonds is 24. The summed E-state index contributed by atoms with van der Waals surface area (Å²) in [5, 5.41) is 22.5. The summed E-state index contributed by atoms with van der Waals surface area (Å²) in [4.78, 5) is 58.6. The Bertz CT molecular complexity index is 2830. The number of carbonyl (C=O) groups is 3. The number of β-amino-alcohol motifs (C(OH)–C–C–N with tert-alkyl or cyclic N) is 1. The second kappa shape index (κ2) is 25.0. The summed E-state index contributed by atoms with van der Waals surface area (Å²) in [5.41, 5.74) is 6.75. The lowest BCUT2D eigenvalue weighted by atomic mass is 9.96. The van der Waals surface area contributed by atoms with E-state index < -0.39 is 50.7 Å². The van der Waals surface area contributed by atoms with Gasteiger partial charge in [-0.2, -0.15) is 4.98 Å². The van der Waals surface area contributed by atoms with E-state index >= 15 is 0 Å². The number of nitrogens with one attached hydrogen (secondary N) is 4. The maximum absolute atomic E-state index is 14.3. The Morgan fingerprint density at radius 1 is 0.973 bits per heavy atom. The third-order valence-electron chi connectivity index (χ3n) is 13.1. The van der Waals surface area contributed by atoms with Gasteiger partial charge in [0.25, 0.3) is 0 Å². The Morgan fingerprint density at radius 3 is 2.37 bits per heavy atom. The van der Waals surface area contributed by atoms with Gasteiger partial charge in [0, 0.05) is 33.0 Å². The van der Waals surface area contributed by atoms with Crippen molar-refractivity contribution in [2.24, 2.45) is 0 Å². The molecule has 6 rings (SSSR count). The van der Waals surface area contributed by atoms with E-state index in [0.29, 0.717) is 23.7 Å². The first-order valence-corrected chi connectivity index (χ1v) is 27.4. The third-order valence-corrected chi connectivity index (χ3v) is 16.5. The first-order chi connectivity index (χ1) is 34.6. The highest BCUT2D eigenvalue weighted by molar-refractivity contribution is 7.92. The molecule has 0 spiro atoms. The van der Waals surface area contributed by atoms with Crippen LogP contribution in [0.4, 0.5) is 23.1 Å². The van der Waals surface area contributed by atoms with Gasteiger partial charge in [-0.1, -0.05) is 48.0 Å². The first kappa shape index (κ1) is 56.6. The molecule has 1 aliphatic heterocycles. The number of methoxy groups -OCH3 is 1. The number of hydrogen-bond acceptors (Lipinski definition) is 15. The van der Waals surface area contributed by atoms with Crippen LogP contribution >= 0.6 is 22.9 Å². The number of carbonyl (C=O) groups excluding carboxylic acids is 3. The quantitative estimate of drug-likeness (QED) is 0.0367. The predicted octanol–water partition coefficient (Wildman–Crippen LogP) is 8.33. The van der Waals surface area contributed by atoms with E-state index in [1.165, 1.54) is 18.0 Å². The molecule has 73 heavy (non-hydrogen) atoms. The SMILES string of the molecule is COc1cc(CCN(C)CCCCCOC(C)(C)[C@H](NC(C)=O)C(=O)N2C[C@H](O)C[C@H]2C(=O)N[C@@H](C)c2ccc(-c3scnc3C)cc2)c(C)cc1Nc1ncc(Cl)c(Nc2ccccc2S(=O)(=O)C(C)C)n1. The van der Waals surface area contributed by atoms with Crippen LogP contribution < -0.4 is 26.0 Å². The minimum absolute atomic E-state index is 0.0445. The Hall–Kier alpha value is -5.70. The van der Waals surface area contributed by atoms with Gasteiger partial charge < -0.3 is 45.6 Å². The molecule has 0 unspecified atom stereocenters. The molecule has 20 heteroatoms. The fourth-order valence-electron chi connectivity index (χ4n) is 8.71. The Kier molecular flexibility index (Phi) is 19.4. The summed E-state index contributed by atoms with van der Waals surface area (Å²) in [6.07, 6.45) is 3.89. The number of aliphatic hydroxyl groups is 1. The number of ether oxygens (including phenoxy) is 2. The molecule has 2 aromatic heterocycles. The number of amides is 3. The van der Waals surface area contributed by atoms with E-state index in [1.54, 1.807) is 70.4 Å². The lowest BCUT2D eigenvalue weighted by Crippen LogP contribution is -2.61. The van der Waals surface area contributed by atoms with Crippen molar-refractivity contribution in [3.8, 4) is 16.2 Å². The van der Waals surface area contributed by atoms with Gasteiger partial charge in [0.05, 0.1) is 68.7 Å². The van der Waals surface area contributed by atoms with E-state index in [1.807, 2.05) is 62.7 Å². The van der Waals surface area contributed by atoms with E-state index in [9.17, 15) is 27.9 Å². The number of thiazole rings is 1. The fraction of sp³-hybridized carbons (Fsp3) is 0.472. The average molecular weight is 1060 g/mol. The van der Waals surface area contributed by atoms with Gasteiger partial charge in [0.15, 0.2) is 15.7 Å². The minimum Gasteiger partial charge on any atom is -0.495 e. The van der Waals surface area contributed by atoms with Crippen molar-refractivity contribution in [3.63, 3.8) is 0 Å². The normalized spacial score (nSPS) is 15.8. The highest BCUT2D eigenvalue weighted by atomic mass is 35.5. The topological polar surface area (TPSA) is 217 Å². The average Bonchev–Trinajstić information content (AvgIpc) is 3.97. The standard InChI is InChI=1S/C53H70ClN9O8S2/c1-32(2)73(68,69)46-17-13-12-16-42(46)59-49-41(54)29-55-52(61-49)60-43-26-33(3)39(27-45(43)70-10)22-24-62(9)23-14-11-15-25-71-53(7,8)48(58-36(6)64)51(67)63-30-40(65)28-44(63)50(66)57-34(4)37-18-20-38(21-19-37)47-35(5)56-31-72-47/h12-13,16-21,26-27,29,31-32,34,40,44,48,65H,11,14-15,22-25,28,30H2,1-10H3,(H,57,66)(H,58,64)(H2,55,59,60,61)/t34-,40+,44-,48+/m0/s1. The second-order valence-electron chi connectivity index (χ2n) is 19.4. The second-order valence-corrected chi connectivity index (χ2v) is 23.2. The van der Waals surface area contributed by atoms with E-state index in [-0.39, 0.29) is 46.6 Å². The molecule has 5 aromatic rings. The van der Waals surface area contributed by atoms with Gasteiger partial charge in [-0.05, 0) is 134 Å². The van der Waals surface area contributed by atoms with Crippen molar-refractivity contribution in [2.45, 2.75) is 127 Å². The highest BCUT2D eigenvalue weighted by Crippen LogP contribution is 2.34. The van der Waals surface area contributed by atoms with Gasteiger partial charge in [0.1, 0.15) is 22.9 Å². The molecule has 17 nitrogen and oxygen atoms in total. The summed E-state index contributed by atoms with van der Waals surface area (Å²) in [6.45, 7) is 15.9. The Morgan fingerprint density at radius 2 is 1.70 bits per heavy atom. The summed E-state index contributed by atoms with van der Waals surface area (Å²) in [6, 6.07) is 16.1. The lowest BCUT2D eigenvalue weighted by Gasteiger charge is -2.37. The number of aromatic nitrogens is 3. The summed E-state index contributed by atoms with van der Waals surface area (Å²) in [7, 11) is 0.0904. The number of aryl methyl sites for hydroxylation is 2. The zero-order valence-corrected chi connectivity index (χ0v) is 45.8. The number of benzene rings is 3. The van der Waals surface area contributed by atoms with Gasteiger partial charge in [-0.15, -0.1) is 11.3 Å². The molecule has 1 fully saturated rings. The lowest BCUT2D eigenvalue weighted by molar-refractivity contribution is -0.150. The molecule has 0 radical (unpaired) electrons. The highest BCUT2D eigenvalue weighted by Gasteiger charge is 2.46. The molecule has 394 valence electrons. The van der Waals surface area contributed by atoms with Crippen LogP contribution in [0.5, 0.6) is 5.75 Å². The molecule has 3 heterocycles. The molecule has 1 aliphatic rings. The molecule has 0 bridgehead atoms. The summed E-state index contributed by atoms with van der Waals surface area (Å²) >= 11 is 8.05. The molecular weight excluding hydrogens is 990 g/mol. The number of anilines is 4. The van der Waals surface area contributed by atoms with Crippen molar-refractivity contribution in [1.29, 1.82) is 0 Å². The smallest absolute Gasteiger partial charge is 0.248 e. The van der Waals surface area contributed by atoms with Crippen LogP contribution in [0.2, 0.25) is 5.02 Å². The largest absolute Gasteiger partial charge is 0.495 e. The fourth-order valence-corrected chi connectivity index (χ4v) is 10.9. The molecule has 5 N–H and O–H groups in total. The van der Waals surface area contributed by atoms with Gasteiger partial charge >= 0.3 is 0 Å². The molecule has 3 amide bonds. The van der Waals surface area contributed by atoms with E-state index in [2.05, 4.69) is 48.2 Å². The van der Waals surface area contributed by atoms with Crippen LogP contribution in [0.15, 0.2) is 77.3 Å². The first-order valence-electron chi connectivity index (χ1n) is 24.6. The van der Waals surface area contributed by atoms with Crippen LogP contribution in [0.25, 0.3) is 10.4 Å². The number of likely N-dealkylation sites (tertiary alicyclic amines) is 1. The molecule has 1 saturated heterocycles. The van der Waals surface area contributed by atoms with Crippen molar-refractivity contribution in [1.82, 2.24) is 35.4 Å². The van der Waals surface area contributed by atoms with Crippen molar-refractivity contribution >= 4 is 73.6 Å². The molecule has 4 atom stereocenters. The minimum atomic E-state index is -3.59. The molecule has 0 aliphatic carbocycles. The number of nitrogens with zero attached hydrogens (tertiary/aromatic N) is 5. The van der Waals surface area contributed by atoms with Crippen LogP contribution in [-0.2, 0) is 35.4 Å². The van der Waals surface area contributed by atoms with Gasteiger partial charge in [-0.3, -0.25) is 14.4 Å². The summed E-state index contributed by atoms with van der Waals surface area (Å²) in [5.74, 6) is -0.212. The number of aliphatic hydroxyl groups excluding tert-OH is 1. The maximum atomic E-state index is 14.3. The number of para-hydroxylation sites is 1. The Balaban J connectivity index is 0.971. The van der Waals surface area contributed by atoms with Gasteiger partial charge in [0.2, 0.25) is 23.7 Å². The zero-order chi connectivity index (χ0) is 53.2. The monoisotopic (exact) mass is 1060 g/mol. The third kappa shape index (κ3) is 14.5. The molecule has 0 saturated carbocycles. The molecular formula is C53H70ClN9O8S2. The van der Waals surface area contributed by atoms with Crippen molar-refractivity contribution in [3.05, 3.63) is 99.8 Å². The Labute approximate surface area is 438 Å². The van der Waals surface area contributed by atoms with E-state index in [0.717, 1.165) is 71.6 Å². The van der Waals surface area contributed by atoms with Gasteiger partial charge in [-0.25, -0.2) is 18.4 Å².